The minimum atomic E-state index is 0.367. The summed E-state index contributed by atoms with van der Waals surface area (Å²) >= 11 is 3.59. The second-order valence-electron chi connectivity index (χ2n) is 4.73. The van der Waals surface area contributed by atoms with Crippen LogP contribution in [0.25, 0.3) is 0 Å². The maximum absolute atomic E-state index is 11.0. The quantitative estimate of drug-likeness (QED) is 0.786. The van der Waals surface area contributed by atoms with Crippen molar-refractivity contribution in [3.05, 3.63) is 27.7 Å². The summed E-state index contributed by atoms with van der Waals surface area (Å²) in [5.41, 5.74) is 2.99. The molecule has 3 rings (SSSR count). The molecular formula is C13H14BrNO2. The Labute approximate surface area is 109 Å². The number of hydrogen-bond donors (Lipinski definition) is 0. The van der Waals surface area contributed by atoms with Crippen molar-refractivity contribution in [2.24, 2.45) is 0 Å². The first-order valence-corrected chi connectivity index (χ1v) is 6.62. The van der Waals surface area contributed by atoms with Gasteiger partial charge in [-0.25, -0.2) is 0 Å². The van der Waals surface area contributed by atoms with E-state index in [9.17, 15) is 4.79 Å². The maximum atomic E-state index is 11.0. The lowest BCUT2D eigenvalue weighted by Gasteiger charge is -2.31. The SMILES string of the molecule is Cc1c(C=O)ccc(Br)c1N1C[C@@H]2C[C@H]1CO2. The number of carbonyl (C=O) groups is 1. The largest absolute Gasteiger partial charge is 0.374 e. The minimum Gasteiger partial charge on any atom is -0.374 e. The fourth-order valence-electron chi connectivity index (χ4n) is 2.84. The van der Waals surface area contributed by atoms with E-state index in [0.717, 1.165) is 47.1 Å². The molecule has 2 aliphatic heterocycles. The molecule has 2 fully saturated rings. The summed E-state index contributed by atoms with van der Waals surface area (Å²) in [7, 11) is 0. The van der Waals surface area contributed by atoms with E-state index in [1.807, 2.05) is 19.1 Å². The van der Waals surface area contributed by atoms with Crippen LogP contribution in [0.5, 0.6) is 0 Å². The average Bonchev–Trinajstić information content (AvgIpc) is 2.91. The Morgan fingerprint density at radius 3 is 2.94 bits per heavy atom. The van der Waals surface area contributed by atoms with Crippen LogP contribution < -0.4 is 4.90 Å². The van der Waals surface area contributed by atoms with E-state index in [1.54, 1.807) is 0 Å². The van der Waals surface area contributed by atoms with Crippen molar-refractivity contribution in [3.8, 4) is 0 Å². The van der Waals surface area contributed by atoms with E-state index in [4.69, 9.17) is 4.74 Å². The Kier molecular flexibility index (Phi) is 2.71. The molecule has 2 saturated heterocycles. The number of rotatable bonds is 2. The van der Waals surface area contributed by atoms with Gasteiger partial charge in [-0.1, -0.05) is 6.07 Å². The zero-order chi connectivity index (χ0) is 12.0. The number of aldehydes is 1. The summed E-state index contributed by atoms with van der Waals surface area (Å²) in [6, 6.07) is 4.29. The van der Waals surface area contributed by atoms with Crippen LogP contribution >= 0.6 is 15.9 Å². The number of morpholine rings is 1. The van der Waals surface area contributed by atoms with Crippen LogP contribution in [0.3, 0.4) is 0 Å². The van der Waals surface area contributed by atoms with Crippen molar-refractivity contribution in [2.45, 2.75) is 25.5 Å². The predicted molar refractivity (Wildman–Crippen MR) is 69.8 cm³/mol. The molecule has 4 heteroatoms. The van der Waals surface area contributed by atoms with Crippen LogP contribution in [0.4, 0.5) is 5.69 Å². The molecule has 0 saturated carbocycles. The number of nitrogens with zero attached hydrogens (tertiary/aromatic N) is 1. The molecule has 2 bridgehead atoms. The van der Waals surface area contributed by atoms with Crippen LogP contribution in [-0.2, 0) is 4.74 Å². The molecule has 0 unspecified atom stereocenters. The summed E-state index contributed by atoms with van der Waals surface area (Å²) in [4.78, 5) is 13.4. The molecule has 0 aliphatic carbocycles. The number of hydrogen-bond acceptors (Lipinski definition) is 3. The van der Waals surface area contributed by atoms with Gasteiger partial charge in [0.1, 0.15) is 6.29 Å². The van der Waals surface area contributed by atoms with E-state index in [-0.39, 0.29) is 0 Å². The number of anilines is 1. The molecule has 1 aromatic carbocycles. The Bertz CT molecular complexity index is 475. The molecule has 2 aliphatic rings. The summed E-state index contributed by atoms with van der Waals surface area (Å²) in [5.74, 6) is 0. The molecule has 0 aromatic heterocycles. The molecule has 3 nitrogen and oxygen atoms in total. The van der Waals surface area contributed by atoms with Crippen LogP contribution in [0.15, 0.2) is 16.6 Å². The number of carbonyl (C=O) groups excluding carboxylic acids is 1. The standard InChI is InChI=1S/C13H14BrNO2/c1-8-9(6-16)2-3-12(14)13(8)15-5-11-4-10(15)7-17-11/h2-3,6,10-11H,4-5,7H2,1H3/t10-,11-/m0/s1. The third-order valence-electron chi connectivity index (χ3n) is 3.74. The molecule has 17 heavy (non-hydrogen) atoms. The van der Waals surface area contributed by atoms with Crippen molar-refractivity contribution in [1.29, 1.82) is 0 Å². The van der Waals surface area contributed by atoms with Crippen molar-refractivity contribution >= 4 is 27.9 Å². The van der Waals surface area contributed by atoms with Gasteiger partial charge in [-0.05, 0) is 40.9 Å². The third kappa shape index (κ3) is 1.70. The normalized spacial score (nSPS) is 26.6. The first-order chi connectivity index (χ1) is 8.20. The fourth-order valence-corrected chi connectivity index (χ4v) is 3.49. The summed E-state index contributed by atoms with van der Waals surface area (Å²) < 4.78 is 6.68. The molecule has 0 spiro atoms. The highest BCUT2D eigenvalue weighted by Gasteiger charge is 2.40. The smallest absolute Gasteiger partial charge is 0.150 e. The number of fused-ring (bicyclic) bond motifs is 2. The summed E-state index contributed by atoms with van der Waals surface area (Å²) in [6.45, 7) is 3.75. The topological polar surface area (TPSA) is 29.5 Å². The van der Waals surface area contributed by atoms with E-state index >= 15 is 0 Å². The lowest BCUT2D eigenvalue weighted by Crippen LogP contribution is -2.37. The minimum absolute atomic E-state index is 0.367. The molecule has 2 atom stereocenters. The van der Waals surface area contributed by atoms with Gasteiger partial charge < -0.3 is 9.64 Å². The predicted octanol–water partition coefficient (Wildman–Crippen LogP) is 2.55. The average molecular weight is 296 g/mol. The van der Waals surface area contributed by atoms with Gasteiger partial charge in [0.15, 0.2) is 0 Å². The first kappa shape index (κ1) is 11.2. The Morgan fingerprint density at radius 1 is 1.53 bits per heavy atom. The molecule has 90 valence electrons. The number of benzene rings is 1. The van der Waals surface area contributed by atoms with E-state index in [2.05, 4.69) is 20.8 Å². The first-order valence-electron chi connectivity index (χ1n) is 5.83. The highest BCUT2D eigenvalue weighted by Crippen LogP contribution is 2.39. The number of halogens is 1. The van der Waals surface area contributed by atoms with Crippen molar-refractivity contribution in [3.63, 3.8) is 0 Å². The molecule has 0 amide bonds. The third-order valence-corrected chi connectivity index (χ3v) is 4.38. The molecule has 0 N–H and O–H groups in total. The van der Waals surface area contributed by atoms with E-state index < -0.39 is 0 Å². The Balaban J connectivity index is 2.05. The summed E-state index contributed by atoms with van der Waals surface area (Å²) in [6.07, 6.45) is 2.40. The second kappa shape index (κ2) is 4.10. The van der Waals surface area contributed by atoms with Gasteiger partial charge in [0.05, 0.1) is 24.4 Å². The van der Waals surface area contributed by atoms with Crippen LogP contribution in [0, 0.1) is 6.92 Å². The van der Waals surface area contributed by atoms with Crippen molar-refractivity contribution in [1.82, 2.24) is 0 Å². The van der Waals surface area contributed by atoms with Gasteiger partial charge in [0, 0.05) is 16.6 Å². The monoisotopic (exact) mass is 295 g/mol. The van der Waals surface area contributed by atoms with Gasteiger partial charge in [-0.15, -0.1) is 0 Å². The zero-order valence-electron chi connectivity index (χ0n) is 9.65. The highest BCUT2D eigenvalue weighted by molar-refractivity contribution is 9.10. The lowest BCUT2D eigenvalue weighted by molar-refractivity contribution is 0.0990. The molecule has 2 heterocycles. The maximum Gasteiger partial charge on any atom is 0.150 e. The Hall–Kier alpha value is -0.870. The lowest BCUT2D eigenvalue weighted by atomic mass is 10.1. The highest BCUT2D eigenvalue weighted by atomic mass is 79.9. The van der Waals surface area contributed by atoms with Gasteiger partial charge in [0.25, 0.3) is 0 Å². The van der Waals surface area contributed by atoms with Crippen LogP contribution in [0.2, 0.25) is 0 Å². The van der Waals surface area contributed by atoms with Gasteiger partial charge in [0.2, 0.25) is 0 Å². The van der Waals surface area contributed by atoms with Gasteiger partial charge in [-0.2, -0.15) is 0 Å². The van der Waals surface area contributed by atoms with Gasteiger partial charge >= 0.3 is 0 Å². The van der Waals surface area contributed by atoms with E-state index in [1.165, 1.54) is 0 Å². The summed E-state index contributed by atoms with van der Waals surface area (Å²) in [5, 5.41) is 0. The molecular weight excluding hydrogens is 282 g/mol. The zero-order valence-corrected chi connectivity index (χ0v) is 11.2. The van der Waals surface area contributed by atoms with Crippen molar-refractivity contribution in [2.75, 3.05) is 18.1 Å². The molecule has 1 aromatic rings. The van der Waals surface area contributed by atoms with Crippen molar-refractivity contribution < 1.29 is 9.53 Å². The second-order valence-corrected chi connectivity index (χ2v) is 5.58. The van der Waals surface area contributed by atoms with Crippen LogP contribution in [-0.4, -0.2) is 31.6 Å². The van der Waals surface area contributed by atoms with Crippen LogP contribution in [0.1, 0.15) is 22.3 Å². The fraction of sp³-hybridized carbons (Fsp3) is 0.462. The van der Waals surface area contributed by atoms with Gasteiger partial charge in [-0.3, -0.25) is 4.79 Å². The molecule has 0 radical (unpaired) electrons. The number of ether oxygens (including phenoxy) is 1. The van der Waals surface area contributed by atoms with E-state index in [0.29, 0.717) is 12.1 Å². The Morgan fingerprint density at radius 2 is 2.35 bits per heavy atom.